The van der Waals surface area contributed by atoms with E-state index in [1.807, 2.05) is 4.90 Å². The van der Waals surface area contributed by atoms with E-state index in [2.05, 4.69) is 21.7 Å². The zero-order chi connectivity index (χ0) is 13.8. The van der Waals surface area contributed by atoms with Gasteiger partial charge >= 0.3 is 0 Å². The summed E-state index contributed by atoms with van der Waals surface area (Å²) in [5.74, 6) is 0.282. The van der Waals surface area contributed by atoms with Crippen LogP contribution in [0.25, 0.3) is 0 Å². The van der Waals surface area contributed by atoms with Crippen molar-refractivity contribution in [3.05, 3.63) is 22.4 Å². The lowest BCUT2D eigenvalue weighted by Crippen LogP contribution is -2.42. The maximum absolute atomic E-state index is 12.2. The summed E-state index contributed by atoms with van der Waals surface area (Å²) in [6.07, 6.45) is 3.11. The van der Waals surface area contributed by atoms with Crippen LogP contribution in [0.15, 0.2) is 16.8 Å². The predicted octanol–water partition coefficient (Wildman–Crippen LogP) is 2.13. The fourth-order valence-corrected chi connectivity index (χ4v) is 3.85. The van der Waals surface area contributed by atoms with Gasteiger partial charge in [0.1, 0.15) is 0 Å². The van der Waals surface area contributed by atoms with Crippen LogP contribution >= 0.6 is 11.3 Å². The number of nitrogens with zero attached hydrogens (tertiary/aromatic N) is 2. The molecule has 3 heterocycles. The molecule has 1 aromatic heterocycles. The first kappa shape index (κ1) is 14.0. The highest BCUT2D eigenvalue weighted by atomic mass is 32.1. The number of morpholine rings is 1. The molecule has 1 atom stereocenters. The van der Waals surface area contributed by atoms with Crippen LogP contribution in [0, 0.1) is 0 Å². The topological polar surface area (TPSA) is 32.8 Å². The second kappa shape index (κ2) is 6.70. The zero-order valence-corrected chi connectivity index (χ0v) is 12.6. The molecule has 110 valence electrons. The molecule has 1 amide bonds. The molecule has 2 saturated heterocycles. The summed E-state index contributed by atoms with van der Waals surface area (Å²) in [6, 6.07) is 2.75. The summed E-state index contributed by atoms with van der Waals surface area (Å²) < 4.78 is 5.29. The van der Waals surface area contributed by atoms with E-state index in [4.69, 9.17) is 4.74 Å². The number of ether oxygens (including phenoxy) is 1. The Hall–Kier alpha value is -0.910. The summed E-state index contributed by atoms with van der Waals surface area (Å²) >= 11 is 1.76. The fourth-order valence-electron chi connectivity index (χ4n) is 3.15. The monoisotopic (exact) mass is 294 g/mol. The van der Waals surface area contributed by atoms with Gasteiger partial charge in [-0.1, -0.05) is 0 Å². The average molecular weight is 294 g/mol. The number of hydrogen-bond donors (Lipinski definition) is 0. The first-order valence-electron chi connectivity index (χ1n) is 7.46. The fraction of sp³-hybridized carbons (Fsp3) is 0.667. The van der Waals surface area contributed by atoms with Crippen LogP contribution in [0.2, 0.25) is 0 Å². The van der Waals surface area contributed by atoms with Crippen molar-refractivity contribution in [1.29, 1.82) is 0 Å². The molecule has 0 aliphatic carbocycles. The molecule has 0 spiro atoms. The van der Waals surface area contributed by atoms with E-state index in [1.54, 1.807) is 11.3 Å². The van der Waals surface area contributed by atoms with Crippen LogP contribution in [0.3, 0.4) is 0 Å². The summed E-state index contributed by atoms with van der Waals surface area (Å²) in [7, 11) is 0. The second-order valence-electron chi connectivity index (χ2n) is 5.49. The molecule has 20 heavy (non-hydrogen) atoms. The van der Waals surface area contributed by atoms with Crippen LogP contribution in [0.4, 0.5) is 0 Å². The van der Waals surface area contributed by atoms with Crippen LogP contribution < -0.4 is 0 Å². The lowest BCUT2D eigenvalue weighted by atomic mass is 10.1. The van der Waals surface area contributed by atoms with Gasteiger partial charge in [-0.25, -0.2) is 0 Å². The van der Waals surface area contributed by atoms with Crippen LogP contribution in [0.1, 0.15) is 30.9 Å². The highest BCUT2D eigenvalue weighted by Crippen LogP contribution is 2.32. The largest absolute Gasteiger partial charge is 0.378 e. The van der Waals surface area contributed by atoms with Gasteiger partial charge in [0.25, 0.3) is 0 Å². The Morgan fingerprint density at radius 3 is 2.95 bits per heavy atom. The number of carbonyl (C=O) groups is 1. The van der Waals surface area contributed by atoms with Gasteiger partial charge < -0.3 is 9.64 Å². The van der Waals surface area contributed by atoms with Gasteiger partial charge in [0, 0.05) is 32.1 Å². The molecule has 0 bridgehead atoms. The van der Waals surface area contributed by atoms with Crippen molar-refractivity contribution in [1.82, 2.24) is 9.80 Å². The number of rotatable bonds is 4. The minimum atomic E-state index is 0.282. The molecule has 1 aromatic rings. The van der Waals surface area contributed by atoms with E-state index in [1.165, 1.54) is 18.4 Å². The molecule has 0 aromatic carbocycles. The molecule has 4 nitrogen and oxygen atoms in total. The zero-order valence-electron chi connectivity index (χ0n) is 11.8. The molecule has 3 rings (SSSR count). The average Bonchev–Trinajstić information content (AvgIpc) is 3.16. The predicted molar refractivity (Wildman–Crippen MR) is 79.9 cm³/mol. The van der Waals surface area contributed by atoms with E-state index < -0.39 is 0 Å². The van der Waals surface area contributed by atoms with Crippen LogP contribution in [0.5, 0.6) is 0 Å². The summed E-state index contributed by atoms with van der Waals surface area (Å²) in [6.45, 7) is 4.90. The lowest BCUT2D eigenvalue weighted by Gasteiger charge is -2.29. The van der Waals surface area contributed by atoms with Gasteiger partial charge in [-0.15, -0.1) is 0 Å². The molecule has 0 radical (unpaired) electrons. The Morgan fingerprint density at radius 2 is 2.20 bits per heavy atom. The van der Waals surface area contributed by atoms with Gasteiger partial charge in [0.05, 0.1) is 13.2 Å². The minimum Gasteiger partial charge on any atom is -0.378 e. The van der Waals surface area contributed by atoms with Gasteiger partial charge in [-0.2, -0.15) is 11.3 Å². The Kier molecular flexibility index (Phi) is 4.70. The van der Waals surface area contributed by atoms with E-state index in [0.29, 0.717) is 25.7 Å². The number of likely N-dealkylation sites (tertiary alicyclic amines) is 1. The third-order valence-corrected chi connectivity index (χ3v) is 4.97. The number of hydrogen-bond acceptors (Lipinski definition) is 4. The van der Waals surface area contributed by atoms with E-state index in [-0.39, 0.29) is 5.91 Å². The van der Waals surface area contributed by atoms with Crippen molar-refractivity contribution >= 4 is 17.2 Å². The minimum absolute atomic E-state index is 0.282. The first-order valence-corrected chi connectivity index (χ1v) is 8.40. The Bertz CT molecular complexity index is 429. The number of carbonyl (C=O) groups excluding carboxylic acids is 1. The lowest BCUT2D eigenvalue weighted by molar-refractivity contribution is -0.135. The van der Waals surface area contributed by atoms with Crippen LogP contribution in [-0.2, 0) is 9.53 Å². The third kappa shape index (κ3) is 3.22. The standard InChI is InChI=1S/C15H22N2O2S/c18-15(17-7-9-19-10-8-17)3-6-16-5-1-2-14(16)13-4-11-20-12-13/h4,11-12,14H,1-3,5-10H2/t14-/m1/s1. The second-order valence-corrected chi connectivity index (χ2v) is 6.27. The number of amides is 1. The van der Waals surface area contributed by atoms with E-state index >= 15 is 0 Å². The molecule has 2 aliphatic rings. The van der Waals surface area contributed by atoms with Crippen molar-refractivity contribution in [3.8, 4) is 0 Å². The van der Waals surface area contributed by atoms with E-state index in [0.717, 1.165) is 26.2 Å². The van der Waals surface area contributed by atoms with Crippen LogP contribution in [-0.4, -0.2) is 55.1 Å². The Balaban J connectivity index is 1.51. The quantitative estimate of drug-likeness (QED) is 0.853. The highest BCUT2D eigenvalue weighted by molar-refractivity contribution is 7.07. The molecule has 0 N–H and O–H groups in total. The summed E-state index contributed by atoms with van der Waals surface area (Å²) in [4.78, 5) is 16.6. The molecular weight excluding hydrogens is 272 g/mol. The van der Waals surface area contributed by atoms with Gasteiger partial charge in [0.2, 0.25) is 5.91 Å². The van der Waals surface area contributed by atoms with Crippen molar-refractivity contribution in [3.63, 3.8) is 0 Å². The normalized spacial score (nSPS) is 24.2. The van der Waals surface area contributed by atoms with Gasteiger partial charge in [-0.3, -0.25) is 9.69 Å². The molecule has 2 fully saturated rings. The van der Waals surface area contributed by atoms with Gasteiger partial charge in [-0.05, 0) is 41.8 Å². The van der Waals surface area contributed by atoms with Crippen molar-refractivity contribution in [2.45, 2.75) is 25.3 Å². The van der Waals surface area contributed by atoms with E-state index in [9.17, 15) is 4.79 Å². The summed E-state index contributed by atoms with van der Waals surface area (Å²) in [5.41, 5.74) is 1.42. The maximum atomic E-state index is 12.2. The maximum Gasteiger partial charge on any atom is 0.224 e. The molecule has 0 saturated carbocycles. The first-order chi connectivity index (χ1) is 9.84. The van der Waals surface area contributed by atoms with Gasteiger partial charge in [0.15, 0.2) is 0 Å². The third-order valence-electron chi connectivity index (χ3n) is 4.27. The SMILES string of the molecule is O=C(CCN1CCC[C@@H]1c1ccsc1)N1CCOCC1. The number of thiophene rings is 1. The molecule has 2 aliphatic heterocycles. The highest BCUT2D eigenvalue weighted by Gasteiger charge is 2.27. The van der Waals surface area contributed by atoms with Crippen molar-refractivity contribution < 1.29 is 9.53 Å². The van der Waals surface area contributed by atoms with Crippen molar-refractivity contribution in [2.75, 3.05) is 39.4 Å². The molecule has 0 unspecified atom stereocenters. The summed E-state index contributed by atoms with van der Waals surface area (Å²) in [5, 5.41) is 4.39. The van der Waals surface area contributed by atoms with Crippen molar-refractivity contribution in [2.24, 2.45) is 0 Å². The Labute approximate surface area is 124 Å². The smallest absolute Gasteiger partial charge is 0.224 e. The molecular formula is C15H22N2O2S. The Morgan fingerprint density at radius 1 is 1.35 bits per heavy atom. The molecule has 5 heteroatoms.